The van der Waals surface area contributed by atoms with Gasteiger partial charge in [-0.2, -0.15) is 0 Å². The first-order valence-electron chi connectivity index (χ1n) is 8.21. The van der Waals surface area contributed by atoms with E-state index in [0.717, 1.165) is 11.1 Å². The van der Waals surface area contributed by atoms with Crippen LogP contribution in [-0.2, 0) is 20.8 Å². The Morgan fingerprint density at radius 3 is 2.71 bits per heavy atom. The van der Waals surface area contributed by atoms with E-state index in [0.29, 0.717) is 32.9 Å². The molecule has 0 bridgehead atoms. The SMILES string of the molecule is C=C1CO[C@H](COCc2ccccc2)CN(C(=O)OC(C)(C)C)C1. The van der Waals surface area contributed by atoms with Crippen LogP contribution in [0.15, 0.2) is 42.5 Å². The third-order valence-corrected chi connectivity index (χ3v) is 3.43. The van der Waals surface area contributed by atoms with Gasteiger partial charge in [-0.25, -0.2) is 4.79 Å². The molecule has 0 unspecified atom stereocenters. The van der Waals surface area contributed by atoms with Crippen LogP contribution in [0.4, 0.5) is 4.79 Å². The first kappa shape index (κ1) is 18.5. The Morgan fingerprint density at radius 2 is 2.04 bits per heavy atom. The standard InChI is InChI=1S/C19H27NO4/c1-15-10-20(18(21)24-19(2,3)4)11-17(23-12-15)14-22-13-16-8-6-5-7-9-16/h5-9,17H,1,10-14H2,2-4H3/t17-/m0/s1. The van der Waals surface area contributed by atoms with E-state index in [1.54, 1.807) is 4.90 Å². The molecule has 2 rings (SSSR count). The minimum Gasteiger partial charge on any atom is -0.444 e. The molecule has 1 saturated heterocycles. The van der Waals surface area contributed by atoms with Gasteiger partial charge < -0.3 is 19.1 Å². The number of carbonyl (C=O) groups is 1. The first-order valence-corrected chi connectivity index (χ1v) is 8.21. The van der Waals surface area contributed by atoms with Gasteiger partial charge in [-0.05, 0) is 31.9 Å². The maximum atomic E-state index is 12.3. The number of carbonyl (C=O) groups excluding carboxylic acids is 1. The molecule has 1 heterocycles. The number of hydrogen-bond acceptors (Lipinski definition) is 4. The number of benzene rings is 1. The molecule has 1 fully saturated rings. The van der Waals surface area contributed by atoms with Crippen LogP contribution in [-0.4, -0.2) is 49.0 Å². The molecule has 0 spiro atoms. The summed E-state index contributed by atoms with van der Waals surface area (Å²) in [6.07, 6.45) is -0.539. The predicted molar refractivity (Wildman–Crippen MR) is 92.8 cm³/mol. The van der Waals surface area contributed by atoms with Crippen molar-refractivity contribution in [1.82, 2.24) is 4.90 Å². The molecule has 0 N–H and O–H groups in total. The number of rotatable bonds is 4. The van der Waals surface area contributed by atoms with Gasteiger partial charge in [0, 0.05) is 6.54 Å². The number of hydrogen-bond donors (Lipinski definition) is 0. The van der Waals surface area contributed by atoms with E-state index in [1.807, 2.05) is 51.1 Å². The summed E-state index contributed by atoms with van der Waals surface area (Å²) in [6.45, 7) is 11.8. The summed E-state index contributed by atoms with van der Waals surface area (Å²) in [4.78, 5) is 14.0. The highest BCUT2D eigenvalue weighted by molar-refractivity contribution is 5.68. The van der Waals surface area contributed by atoms with E-state index in [2.05, 4.69) is 6.58 Å². The Kier molecular flexibility index (Phi) is 6.40. The van der Waals surface area contributed by atoms with Gasteiger partial charge in [-0.3, -0.25) is 0 Å². The van der Waals surface area contributed by atoms with Gasteiger partial charge in [0.15, 0.2) is 0 Å². The molecule has 1 aliphatic rings. The summed E-state index contributed by atoms with van der Waals surface area (Å²) >= 11 is 0. The molecule has 132 valence electrons. The average molecular weight is 333 g/mol. The van der Waals surface area contributed by atoms with Gasteiger partial charge in [0.2, 0.25) is 0 Å². The van der Waals surface area contributed by atoms with Crippen molar-refractivity contribution >= 4 is 6.09 Å². The van der Waals surface area contributed by atoms with E-state index in [4.69, 9.17) is 14.2 Å². The molecule has 1 aliphatic heterocycles. The zero-order valence-corrected chi connectivity index (χ0v) is 14.8. The van der Waals surface area contributed by atoms with Crippen molar-refractivity contribution in [3.05, 3.63) is 48.0 Å². The number of amides is 1. The van der Waals surface area contributed by atoms with Crippen LogP contribution in [0, 0.1) is 0 Å². The van der Waals surface area contributed by atoms with Crippen molar-refractivity contribution in [1.29, 1.82) is 0 Å². The van der Waals surface area contributed by atoms with Crippen LogP contribution < -0.4 is 0 Å². The monoisotopic (exact) mass is 333 g/mol. The third kappa shape index (κ3) is 6.34. The Morgan fingerprint density at radius 1 is 1.33 bits per heavy atom. The first-order chi connectivity index (χ1) is 11.3. The highest BCUT2D eigenvalue weighted by Crippen LogP contribution is 2.15. The molecule has 1 atom stereocenters. The molecule has 0 radical (unpaired) electrons. The zero-order chi connectivity index (χ0) is 17.6. The summed E-state index contributed by atoms with van der Waals surface area (Å²) in [5.41, 5.74) is 1.44. The van der Waals surface area contributed by atoms with Crippen molar-refractivity contribution in [3.63, 3.8) is 0 Å². The summed E-state index contributed by atoms with van der Waals surface area (Å²) in [5, 5.41) is 0. The van der Waals surface area contributed by atoms with Gasteiger partial charge >= 0.3 is 6.09 Å². The highest BCUT2D eigenvalue weighted by atomic mass is 16.6. The predicted octanol–water partition coefficient (Wildman–Crippen LogP) is 3.40. The molecule has 1 aromatic rings. The zero-order valence-electron chi connectivity index (χ0n) is 14.8. The fourth-order valence-electron chi connectivity index (χ4n) is 2.36. The van der Waals surface area contributed by atoms with Crippen molar-refractivity contribution in [2.45, 2.75) is 39.1 Å². The lowest BCUT2D eigenvalue weighted by atomic mass is 10.2. The van der Waals surface area contributed by atoms with E-state index in [9.17, 15) is 4.79 Å². The topological polar surface area (TPSA) is 48.0 Å². The summed E-state index contributed by atoms with van der Waals surface area (Å²) in [5.74, 6) is 0. The Bertz CT molecular complexity index is 550. The molecule has 24 heavy (non-hydrogen) atoms. The molecule has 1 aromatic carbocycles. The molecule has 5 nitrogen and oxygen atoms in total. The average Bonchev–Trinajstić information content (AvgIpc) is 2.69. The van der Waals surface area contributed by atoms with Crippen LogP contribution in [0.2, 0.25) is 0 Å². The van der Waals surface area contributed by atoms with Gasteiger partial charge in [0.1, 0.15) is 5.60 Å². The van der Waals surface area contributed by atoms with Gasteiger partial charge in [0.25, 0.3) is 0 Å². The van der Waals surface area contributed by atoms with Gasteiger partial charge in [-0.15, -0.1) is 0 Å². The van der Waals surface area contributed by atoms with Crippen molar-refractivity contribution in [2.75, 3.05) is 26.3 Å². The Balaban J connectivity index is 1.88. The highest BCUT2D eigenvalue weighted by Gasteiger charge is 2.28. The van der Waals surface area contributed by atoms with Gasteiger partial charge in [0.05, 0.1) is 32.5 Å². The largest absolute Gasteiger partial charge is 0.444 e. The minimum atomic E-state index is -0.523. The van der Waals surface area contributed by atoms with Crippen molar-refractivity contribution in [2.24, 2.45) is 0 Å². The van der Waals surface area contributed by atoms with Crippen LogP contribution in [0.25, 0.3) is 0 Å². The fraction of sp³-hybridized carbons (Fsp3) is 0.526. The van der Waals surface area contributed by atoms with E-state index < -0.39 is 5.60 Å². The van der Waals surface area contributed by atoms with Crippen LogP contribution in [0.1, 0.15) is 26.3 Å². The maximum absolute atomic E-state index is 12.3. The normalized spacial score (nSPS) is 19.0. The smallest absolute Gasteiger partial charge is 0.410 e. The minimum absolute atomic E-state index is 0.194. The molecule has 1 amide bonds. The second-order valence-electron chi connectivity index (χ2n) is 7.04. The third-order valence-electron chi connectivity index (χ3n) is 3.43. The maximum Gasteiger partial charge on any atom is 0.410 e. The molecular weight excluding hydrogens is 306 g/mol. The van der Waals surface area contributed by atoms with Crippen molar-refractivity contribution in [3.8, 4) is 0 Å². The van der Waals surface area contributed by atoms with Crippen LogP contribution in [0.3, 0.4) is 0 Å². The summed E-state index contributed by atoms with van der Waals surface area (Å²) < 4.78 is 17.0. The van der Waals surface area contributed by atoms with Gasteiger partial charge in [-0.1, -0.05) is 36.9 Å². The fourth-order valence-corrected chi connectivity index (χ4v) is 2.36. The lowest BCUT2D eigenvalue weighted by Crippen LogP contribution is -2.41. The number of nitrogens with zero attached hydrogens (tertiary/aromatic N) is 1. The molecular formula is C19H27NO4. The Labute approximate surface area is 144 Å². The van der Waals surface area contributed by atoms with E-state index >= 15 is 0 Å². The second-order valence-corrected chi connectivity index (χ2v) is 7.04. The van der Waals surface area contributed by atoms with Crippen LogP contribution in [0.5, 0.6) is 0 Å². The van der Waals surface area contributed by atoms with E-state index in [-0.39, 0.29) is 12.2 Å². The Hall–Kier alpha value is -1.85. The summed E-state index contributed by atoms with van der Waals surface area (Å²) in [6, 6.07) is 9.97. The van der Waals surface area contributed by atoms with E-state index in [1.165, 1.54) is 0 Å². The lowest BCUT2D eigenvalue weighted by molar-refractivity contribution is -0.0237. The number of ether oxygens (including phenoxy) is 3. The molecule has 0 saturated carbocycles. The molecule has 0 aliphatic carbocycles. The lowest BCUT2D eigenvalue weighted by Gasteiger charge is -2.28. The summed E-state index contributed by atoms with van der Waals surface area (Å²) in [7, 11) is 0. The molecule has 0 aromatic heterocycles. The molecule has 5 heteroatoms. The van der Waals surface area contributed by atoms with Crippen LogP contribution >= 0.6 is 0 Å². The second kappa shape index (κ2) is 8.31. The van der Waals surface area contributed by atoms with Crippen molar-refractivity contribution < 1.29 is 19.0 Å². The quantitative estimate of drug-likeness (QED) is 0.793.